The van der Waals surface area contributed by atoms with Gasteiger partial charge in [-0.2, -0.15) is 0 Å². The molecule has 0 spiro atoms. The van der Waals surface area contributed by atoms with Gasteiger partial charge in [0.15, 0.2) is 11.0 Å². The molecule has 1 aromatic carbocycles. The van der Waals surface area contributed by atoms with Crippen LogP contribution in [0.5, 0.6) is 0 Å². The van der Waals surface area contributed by atoms with Crippen molar-refractivity contribution in [1.29, 1.82) is 0 Å². The number of rotatable bonds is 6. The zero-order valence-corrected chi connectivity index (χ0v) is 16.0. The first-order chi connectivity index (χ1) is 12.6. The molecule has 0 saturated carbocycles. The minimum absolute atomic E-state index is 0.103. The summed E-state index contributed by atoms with van der Waals surface area (Å²) in [5.41, 5.74) is 2.58. The van der Waals surface area contributed by atoms with Gasteiger partial charge >= 0.3 is 0 Å². The number of anilines is 1. The van der Waals surface area contributed by atoms with Gasteiger partial charge in [0.25, 0.3) is 0 Å². The fourth-order valence-corrected chi connectivity index (χ4v) is 3.50. The van der Waals surface area contributed by atoms with Crippen LogP contribution in [0.4, 0.5) is 5.69 Å². The van der Waals surface area contributed by atoms with Gasteiger partial charge in [-0.3, -0.25) is 9.78 Å². The monoisotopic (exact) mass is 387 g/mol. The zero-order valence-electron chi connectivity index (χ0n) is 14.4. The third-order valence-electron chi connectivity index (χ3n) is 3.75. The Balaban J connectivity index is 1.68. The SMILES string of the molecule is CCn1c(SCC(=O)Nc2ccc(Cl)cc2C)nnc1-c1cccnc1. The first kappa shape index (κ1) is 18.4. The van der Waals surface area contributed by atoms with Crippen LogP contribution >= 0.6 is 23.4 Å². The number of hydrogen-bond acceptors (Lipinski definition) is 5. The number of aromatic nitrogens is 4. The lowest BCUT2D eigenvalue weighted by Crippen LogP contribution is -2.15. The normalized spacial score (nSPS) is 10.7. The summed E-state index contributed by atoms with van der Waals surface area (Å²) in [6.45, 7) is 4.63. The van der Waals surface area contributed by atoms with Crippen LogP contribution in [0.25, 0.3) is 11.4 Å². The molecule has 134 valence electrons. The summed E-state index contributed by atoms with van der Waals surface area (Å²) in [7, 11) is 0. The Morgan fingerprint density at radius 2 is 2.15 bits per heavy atom. The molecule has 0 radical (unpaired) electrons. The van der Waals surface area contributed by atoms with E-state index in [-0.39, 0.29) is 11.7 Å². The molecule has 0 saturated heterocycles. The molecule has 0 aliphatic heterocycles. The second kappa shape index (κ2) is 8.33. The molecule has 2 aromatic heterocycles. The minimum atomic E-state index is -0.103. The lowest BCUT2D eigenvalue weighted by atomic mass is 10.2. The highest BCUT2D eigenvalue weighted by atomic mass is 35.5. The Bertz CT molecular complexity index is 913. The molecular weight excluding hydrogens is 370 g/mol. The molecule has 6 nitrogen and oxygen atoms in total. The van der Waals surface area contributed by atoms with E-state index in [4.69, 9.17) is 11.6 Å². The highest BCUT2D eigenvalue weighted by Gasteiger charge is 2.15. The standard InChI is InChI=1S/C18H18ClN5OS/c1-3-24-17(13-5-4-8-20-10-13)22-23-18(24)26-11-16(25)21-15-7-6-14(19)9-12(15)2/h4-10H,3,11H2,1-2H3,(H,21,25). The maximum absolute atomic E-state index is 12.3. The number of benzene rings is 1. The van der Waals surface area contributed by atoms with Crippen LogP contribution in [0, 0.1) is 6.92 Å². The van der Waals surface area contributed by atoms with Gasteiger partial charge in [-0.15, -0.1) is 10.2 Å². The van der Waals surface area contributed by atoms with E-state index in [1.165, 1.54) is 11.8 Å². The van der Waals surface area contributed by atoms with Crippen molar-refractivity contribution in [3.8, 4) is 11.4 Å². The molecular formula is C18H18ClN5OS. The van der Waals surface area contributed by atoms with E-state index >= 15 is 0 Å². The predicted molar refractivity (Wildman–Crippen MR) is 104 cm³/mol. The van der Waals surface area contributed by atoms with Crippen LogP contribution < -0.4 is 5.32 Å². The number of aryl methyl sites for hydroxylation is 1. The Labute approximate surface area is 161 Å². The molecule has 8 heteroatoms. The smallest absolute Gasteiger partial charge is 0.234 e. The van der Waals surface area contributed by atoms with Gasteiger partial charge in [-0.25, -0.2) is 0 Å². The largest absolute Gasteiger partial charge is 0.325 e. The topological polar surface area (TPSA) is 72.7 Å². The quantitative estimate of drug-likeness (QED) is 0.646. The van der Waals surface area contributed by atoms with Crippen molar-refractivity contribution in [2.45, 2.75) is 25.5 Å². The minimum Gasteiger partial charge on any atom is -0.325 e. The molecule has 0 atom stereocenters. The molecule has 0 aliphatic rings. The van der Waals surface area contributed by atoms with E-state index < -0.39 is 0 Å². The van der Waals surface area contributed by atoms with Crippen molar-refractivity contribution in [2.75, 3.05) is 11.1 Å². The molecule has 0 unspecified atom stereocenters. The van der Waals surface area contributed by atoms with E-state index in [1.807, 2.05) is 36.6 Å². The summed E-state index contributed by atoms with van der Waals surface area (Å²) in [6, 6.07) is 9.17. The maximum atomic E-state index is 12.3. The van der Waals surface area contributed by atoms with Crippen LogP contribution in [0.15, 0.2) is 47.9 Å². The van der Waals surface area contributed by atoms with Crippen molar-refractivity contribution in [3.05, 3.63) is 53.3 Å². The Kier molecular flexibility index (Phi) is 5.90. The number of thioether (sulfide) groups is 1. The average Bonchev–Trinajstić information content (AvgIpc) is 3.06. The van der Waals surface area contributed by atoms with Crippen LogP contribution in [-0.2, 0) is 11.3 Å². The van der Waals surface area contributed by atoms with E-state index in [1.54, 1.807) is 24.5 Å². The number of pyridine rings is 1. The zero-order chi connectivity index (χ0) is 18.5. The number of carbonyl (C=O) groups excluding carboxylic acids is 1. The fraction of sp³-hybridized carbons (Fsp3) is 0.222. The number of nitrogens with one attached hydrogen (secondary N) is 1. The lowest BCUT2D eigenvalue weighted by Gasteiger charge is -2.09. The van der Waals surface area contributed by atoms with E-state index in [0.29, 0.717) is 16.7 Å². The Morgan fingerprint density at radius 1 is 1.31 bits per heavy atom. The molecule has 1 N–H and O–H groups in total. The van der Waals surface area contributed by atoms with Gasteiger partial charge in [-0.1, -0.05) is 23.4 Å². The van der Waals surface area contributed by atoms with Gasteiger partial charge in [-0.05, 0) is 49.7 Å². The summed E-state index contributed by atoms with van der Waals surface area (Å²) in [4.78, 5) is 16.4. The van der Waals surface area contributed by atoms with Crippen LogP contribution in [0.2, 0.25) is 5.02 Å². The second-order valence-corrected chi connectivity index (χ2v) is 6.97. The first-order valence-electron chi connectivity index (χ1n) is 8.11. The highest BCUT2D eigenvalue weighted by Crippen LogP contribution is 2.24. The number of hydrogen-bond donors (Lipinski definition) is 1. The number of halogens is 1. The van der Waals surface area contributed by atoms with Crippen molar-refractivity contribution >= 4 is 35.0 Å². The van der Waals surface area contributed by atoms with Crippen LogP contribution in [0.1, 0.15) is 12.5 Å². The van der Waals surface area contributed by atoms with Gasteiger partial charge in [0.2, 0.25) is 5.91 Å². The molecule has 0 aliphatic carbocycles. The Hall–Kier alpha value is -2.38. The molecule has 3 rings (SSSR count). The summed E-state index contributed by atoms with van der Waals surface area (Å²) < 4.78 is 1.97. The van der Waals surface area contributed by atoms with Gasteiger partial charge in [0.05, 0.1) is 5.75 Å². The van der Waals surface area contributed by atoms with Crippen LogP contribution in [0.3, 0.4) is 0 Å². The van der Waals surface area contributed by atoms with E-state index in [0.717, 1.165) is 22.6 Å². The Morgan fingerprint density at radius 3 is 2.85 bits per heavy atom. The summed E-state index contributed by atoms with van der Waals surface area (Å²) in [6.07, 6.45) is 3.47. The fourth-order valence-electron chi connectivity index (χ4n) is 2.47. The van der Waals surface area contributed by atoms with Crippen molar-refractivity contribution in [3.63, 3.8) is 0 Å². The van der Waals surface area contributed by atoms with Gasteiger partial charge in [0, 0.05) is 35.2 Å². The maximum Gasteiger partial charge on any atom is 0.234 e. The molecule has 3 aromatic rings. The van der Waals surface area contributed by atoms with Crippen LogP contribution in [-0.4, -0.2) is 31.4 Å². The lowest BCUT2D eigenvalue weighted by molar-refractivity contribution is -0.113. The van der Waals surface area contributed by atoms with Crippen molar-refractivity contribution in [2.24, 2.45) is 0 Å². The number of nitrogens with zero attached hydrogens (tertiary/aromatic N) is 4. The summed E-state index contributed by atoms with van der Waals surface area (Å²) in [5, 5.41) is 12.7. The molecule has 26 heavy (non-hydrogen) atoms. The molecule has 0 fully saturated rings. The van der Waals surface area contributed by atoms with Crippen molar-refractivity contribution < 1.29 is 4.79 Å². The van der Waals surface area contributed by atoms with E-state index in [9.17, 15) is 4.79 Å². The number of carbonyl (C=O) groups is 1. The van der Waals surface area contributed by atoms with Crippen molar-refractivity contribution in [1.82, 2.24) is 19.7 Å². The van der Waals surface area contributed by atoms with E-state index in [2.05, 4.69) is 20.5 Å². The predicted octanol–water partition coefficient (Wildman–Crippen LogP) is 4.05. The third kappa shape index (κ3) is 4.23. The molecule has 2 heterocycles. The number of amides is 1. The highest BCUT2D eigenvalue weighted by molar-refractivity contribution is 7.99. The van der Waals surface area contributed by atoms with Gasteiger partial charge in [0.1, 0.15) is 0 Å². The summed E-state index contributed by atoms with van der Waals surface area (Å²) in [5.74, 6) is 0.888. The second-order valence-electron chi connectivity index (χ2n) is 5.59. The summed E-state index contributed by atoms with van der Waals surface area (Å²) >= 11 is 7.30. The average molecular weight is 388 g/mol. The first-order valence-corrected chi connectivity index (χ1v) is 9.47. The van der Waals surface area contributed by atoms with Gasteiger partial charge < -0.3 is 9.88 Å². The molecule has 0 bridgehead atoms. The third-order valence-corrected chi connectivity index (χ3v) is 4.95. The molecule has 1 amide bonds.